The second-order valence-corrected chi connectivity index (χ2v) is 6.92. The number of rotatable bonds is 5. The van der Waals surface area contributed by atoms with E-state index in [1.165, 1.54) is 6.07 Å². The molecule has 2 aromatic carbocycles. The van der Waals surface area contributed by atoms with E-state index in [-0.39, 0.29) is 10.6 Å². The zero-order chi connectivity index (χ0) is 19.6. The van der Waals surface area contributed by atoms with E-state index in [0.29, 0.717) is 6.54 Å². The van der Waals surface area contributed by atoms with Crippen LogP contribution in [0.2, 0.25) is 0 Å². The molecule has 0 N–H and O–H groups in total. The Kier molecular flexibility index (Phi) is 4.94. The number of azo groups is 1. The van der Waals surface area contributed by atoms with Crippen LogP contribution in [0.3, 0.4) is 0 Å². The standard InChI is InChI=1S/C20H22N4O3/c1-20(2)17-11-15(24(25)26)7-10-18(17)23(3)19(20)13-22-21-12-14-5-8-16(27-4)9-6-14/h5-11,13H,12H2,1-4H3. The van der Waals surface area contributed by atoms with Gasteiger partial charge in [-0.2, -0.15) is 10.2 Å². The highest BCUT2D eigenvalue weighted by Crippen LogP contribution is 2.47. The number of nitrogens with zero attached hydrogens (tertiary/aromatic N) is 4. The smallest absolute Gasteiger partial charge is 0.269 e. The molecule has 0 radical (unpaired) electrons. The van der Waals surface area contributed by atoms with Crippen molar-refractivity contribution in [1.29, 1.82) is 0 Å². The molecule has 27 heavy (non-hydrogen) atoms. The number of anilines is 1. The summed E-state index contributed by atoms with van der Waals surface area (Å²) in [7, 11) is 3.57. The van der Waals surface area contributed by atoms with Gasteiger partial charge in [-0.3, -0.25) is 10.1 Å². The molecule has 0 saturated carbocycles. The number of fused-ring (bicyclic) bond motifs is 1. The molecular weight excluding hydrogens is 344 g/mol. The zero-order valence-corrected chi connectivity index (χ0v) is 15.8. The Morgan fingerprint density at radius 3 is 2.56 bits per heavy atom. The minimum absolute atomic E-state index is 0.0950. The normalized spacial score (nSPS) is 16.7. The minimum Gasteiger partial charge on any atom is -0.497 e. The first-order valence-electron chi connectivity index (χ1n) is 8.57. The first-order chi connectivity index (χ1) is 12.8. The maximum absolute atomic E-state index is 11.1. The van der Waals surface area contributed by atoms with E-state index in [4.69, 9.17) is 4.74 Å². The van der Waals surface area contributed by atoms with E-state index >= 15 is 0 Å². The molecule has 0 aromatic heterocycles. The number of non-ortho nitro benzene ring substituents is 1. The number of ether oxygens (including phenoxy) is 1. The largest absolute Gasteiger partial charge is 0.497 e. The van der Waals surface area contributed by atoms with Crippen molar-refractivity contribution in [1.82, 2.24) is 0 Å². The highest BCUT2D eigenvalue weighted by Gasteiger charge is 2.39. The van der Waals surface area contributed by atoms with E-state index in [1.54, 1.807) is 25.4 Å². The average Bonchev–Trinajstić information content (AvgIpc) is 2.85. The Bertz CT molecular complexity index is 917. The van der Waals surface area contributed by atoms with Crippen molar-refractivity contribution in [2.24, 2.45) is 10.2 Å². The summed E-state index contributed by atoms with van der Waals surface area (Å²) in [6.45, 7) is 4.53. The second kappa shape index (κ2) is 7.19. The van der Waals surface area contributed by atoms with Gasteiger partial charge in [0, 0.05) is 36.0 Å². The van der Waals surface area contributed by atoms with Gasteiger partial charge in [-0.25, -0.2) is 0 Å². The number of methoxy groups -OCH3 is 1. The Hall–Kier alpha value is -3.22. The topological polar surface area (TPSA) is 80.3 Å². The molecule has 1 aliphatic rings. The van der Waals surface area contributed by atoms with Gasteiger partial charge in [0.25, 0.3) is 5.69 Å². The lowest BCUT2D eigenvalue weighted by Crippen LogP contribution is -2.22. The van der Waals surface area contributed by atoms with E-state index in [9.17, 15) is 10.1 Å². The lowest BCUT2D eigenvalue weighted by atomic mass is 9.84. The lowest BCUT2D eigenvalue weighted by Gasteiger charge is -2.22. The van der Waals surface area contributed by atoms with Crippen molar-refractivity contribution in [2.75, 3.05) is 19.1 Å². The lowest BCUT2D eigenvalue weighted by molar-refractivity contribution is -0.384. The zero-order valence-electron chi connectivity index (χ0n) is 15.8. The summed E-state index contributed by atoms with van der Waals surface area (Å²) in [5, 5.41) is 19.6. The fraction of sp³-hybridized carbons (Fsp3) is 0.300. The summed E-state index contributed by atoms with van der Waals surface area (Å²) in [5.74, 6) is 0.805. The fourth-order valence-electron chi connectivity index (χ4n) is 3.31. The van der Waals surface area contributed by atoms with Crippen molar-refractivity contribution >= 4 is 11.4 Å². The number of hydrogen-bond acceptors (Lipinski definition) is 6. The van der Waals surface area contributed by atoms with Gasteiger partial charge in [0.15, 0.2) is 0 Å². The van der Waals surface area contributed by atoms with Crippen molar-refractivity contribution in [3.63, 3.8) is 0 Å². The van der Waals surface area contributed by atoms with Crippen LogP contribution in [0.1, 0.15) is 25.0 Å². The van der Waals surface area contributed by atoms with Gasteiger partial charge in [0.1, 0.15) is 5.75 Å². The molecule has 1 aliphatic heterocycles. The molecular formula is C20H22N4O3. The molecule has 0 bridgehead atoms. The van der Waals surface area contributed by atoms with Gasteiger partial charge < -0.3 is 9.64 Å². The number of nitro groups is 1. The van der Waals surface area contributed by atoms with E-state index < -0.39 is 5.41 Å². The maximum atomic E-state index is 11.1. The van der Waals surface area contributed by atoms with Gasteiger partial charge >= 0.3 is 0 Å². The molecule has 7 nitrogen and oxygen atoms in total. The van der Waals surface area contributed by atoms with Crippen LogP contribution in [0.5, 0.6) is 5.75 Å². The quantitative estimate of drug-likeness (QED) is 0.431. The molecule has 7 heteroatoms. The Morgan fingerprint density at radius 2 is 1.93 bits per heavy atom. The molecule has 0 atom stereocenters. The summed E-state index contributed by atoms with van der Waals surface area (Å²) in [6, 6.07) is 12.6. The molecule has 0 amide bonds. The monoisotopic (exact) mass is 366 g/mol. The molecule has 0 saturated heterocycles. The van der Waals surface area contributed by atoms with Crippen LogP contribution in [0.15, 0.2) is 64.6 Å². The predicted octanol–water partition coefficient (Wildman–Crippen LogP) is 4.82. The SMILES string of the molecule is COc1ccc(CN=NC=C2N(C)c3ccc([N+](=O)[O-])cc3C2(C)C)cc1. The molecule has 0 spiro atoms. The van der Waals surface area contributed by atoms with Crippen molar-refractivity contribution in [3.8, 4) is 5.75 Å². The van der Waals surface area contributed by atoms with Gasteiger partial charge in [-0.1, -0.05) is 26.0 Å². The number of allylic oxidation sites excluding steroid dienone is 1. The first kappa shape index (κ1) is 18.6. The van der Waals surface area contributed by atoms with Crippen LogP contribution in [-0.2, 0) is 12.0 Å². The van der Waals surface area contributed by atoms with Crippen LogP contribution >= 0.6 is 0 Å². The summed E-state index contributed by atoms with van der Waals surface area (Å²) < 4.78 is 5.14. The Balaban J connectivity index is 1.80. The molecule has 0 aliphatic carbocycles. The minimum atomic E-state index is -0.394. The highest BCUT2D eigenvalue weighted by molar-refractivity contribution is 5.71. The van der Waals surface area contributed by atoms with E-state index in [0.717, 1.165) is 28.3 Å². The van der Waals surface area contributed by atoms with Crippen LogP contribution < -0.4 is 9.64 Å². The van der Waals surface area contributed by atoms with Gasteiger partial charge in [-0.15, -0.1) is 0 Å². The third-order valence-electron chi connectivity index (χ3n) is 4.90. The van der Waals surface area contributed by atoms with Crippen LogP contribution in [0.25, 0.3) is 0 Å². The molecule has 0 unspecified atom stereocenters. The van der Waals surface area contributed by atoms with Crippen LogP contribution in [-0.4, -0.2) is 19.1 Å². The second-order valence-electron chi connectivity index (χ2n) is 6.92. The van der Waals surface area contributed by atoms with Gasteiger partial charge in [-0.05, 0) is 29.3 Å². The van der Waals surface area contributed by atoms with Crippen molar-refractivity contribution in [2.45, 2.75) is 25.8 Å². The number of benzene rings is 2. The van der Waals surface area contributed by atoms with Crippen LogP contribution in [0.4, 0.5) is 11.4 Å². The summed E-state index contributed by atoms with van der Waals surface area (Å²) >= 11 is 0. The van der Waals surface area contributed by atoms with Crippen molar-refractivity contribution < 1.29 is 9.66 Å². The van der Waals surface area contributed by atoms with Gasteiger partial charge in [0.2, 0.25) is 0 Å². The fourth-order valence-corrected chi connectivity index (χ4v) is 3.31. The number of hydrogen-bond donors (Lipinski definition) is 0. The average molecular weight is 366 g/mol. The summed E-state index contributed by atoms with van der Waals surface area (Å²) in [6.07, 6.45) is 1.73. The number of likely N-dealkylation sites (N-methyl/N-ethyl adjacent to an activating group) is 1. The maximum Gasteiger partial charge on any atom is 0.269 e. The summed E-state index contributed by atoms with van der Waals surface area (Å²) in [4.78, 5) is 12.7. The molecule has 1 heterocycles. The predicted molar refractivity (Wildman–Crippen MR) is 104 cm³/mol. The van der Waals surface area contributed by atoms with E-state index in [1.807, 2.05) is 50.1 Å². The Morgan fingerprint density at radius 1 is 1.22 bits per heavy atom. The highest BCUT2D eigenvalue weighted by atomic mass is 16.6. The number of nitro benzene ring substituents is 1. The molecule has 140 valence electrons. The van der Waals surface area contributed by atoms with Crippen molar-refractivity contribution in [3.05, 3.63) is 75.6 Å². The molecule has 2 aromatic rings. The third kappa shape index (κ3) is 3.53. The molecule has 3 rings (SSSR count). The Labute approximate surface area is 158 Å². The summed E-state index contributed by atoms with van der Waals surface area (Å²) in [5.41, 5.74) is 3.54. The third-order valence-corrected chi connectivity index (χ3v) is 4.90. The van der Waals surface area contributed by atoms with E-state index in [2.05, 4.69) is 10.2 Å². The molecule has 0 fully saturated rings. The first-order valence-corrected chi connectivity index (χ1v) is 8.57. The van der Waals surface area contributed by atoms with Crippen LogP contribution in [0, 0.1) is 10.1 Å². The van der Waals surface area contributed by atoms with Gasteiger partial charge in [0.05, 0.1) is 24.8 Å².